The van der Waals surface area contributed by atoms with Crippen molar-refractivity contribution in [2.24, 2.45) is 5.73 Å². The van der Waals surface area contributed by atoms with Gasteiger partial charge in [0.2, 0.25) is 5.91 Å². The van der Waals surface area contributed by atoms with Gasteiger partial charge in [-0.15, -0.1) is 0 Å². The maximum Gasteiger partial charge on any atom is 0.236 e. The first-order valence-electron chi connectivity index (χ1n) is 6.67. The van der Waals surface area contributed by atoms with Crippen LogP contribution in [-0.2, 0) is 4.79 Å². The zero-order valence-electron chi connectivity index (χ0n) is 12.1. The van der Waals surface area contributed by atoms with Gasteiger partial charge in [-0.1, -0.05) is 0 Å². The number of likely N-dealkylation sites (tertiary alicyclic amines) is 1. The largest absolute Gasteiger partial charge is 0.342 e. The summed E-state index contributed by atoms with van der Waals surface area (Å²) in [6, 6.07) is 0.275. The molecule has 1 amide bonds. The number of hydrogen-bond donors (Lipinski definition) is 1. The van der Waals surface area contributed by atoms with Gasteiger partial charge >= 0.3 is 0 Å². The van der Waals surface area contributed by atoms with Gasteiger partial charge in [-0.2, -0.15) is 11.8 Å². The fourth-order valence-corrected chi connectivity index (χ4v) is 2.96. The van der Waals surface area contributed by atoms with E-state index in [9.17, 15) is 4.79 Å². The average Bonchev–Trinajstić information content (AvgIpc) is 2.39. The molecule has 1 aliphatic rings. The highest BCUT2D eigenvalue weighted by Crippen LogP contribution is 2.33. The Balaban J connectivity index is 2.42. The van der Waals surface area contributed by atoms with Crippen LogP contribution in [0.15, 0.2) is 0 Å². The van der Waals surface area contributed by atoms with Crippen LogP contribution in [0.2, 0.25) is 0 Å². The minimum atomic E-state index is 0.217. The fraction of sp³-hybridized carbons (Fsp3) is 0.923. The predicted octanol–water partition coefficient (Wildman–Crippen LogP) is 1.01. The van der Waals surface area contributed by atoms with Crippen molar-refractivity contribution < 1.29 is 4.79 Å². The molecule has 2 N–H and O–H groups in total. The number of hydrogen-bond acceptors (Lipinski definition) is 4. The van der Waals surface area contributed by atoms with Crippen LogP contribution >= 0.6 is 11.8 Å². The zero-order valence-corrected chi connectivity index (χ0v) is 12.9. The van der Waals surface area contributed by atoms with E-state index in [-0.39, 0.29) is 16.7 Å². The molecule has 4 nitrogen and oxygen atoms in total. The molecule has 0 bridgehead atoms. The SMILES string of the molecule is CSC1(CN)CCN(CC(=O)N(C)C(C)C)CC1. The molecule has 5 heteroatoms. The van der Waals surface area contributed by atoms with Gasteiger partial charge in [0.1, 0.15) is 0 Å². The van der Waals surface area contributed by atoms with Crippen molar-refractivity contribution in [1.29, 1.82) is 0 Å². The van der Waals surface area contributed by atoms with E-state index in [1.165, 1.54) is 0 Å². The van der Waals surface area contributed by atoms with Crippen molar-refractivity contribution in [3.63, 3.8) is 0 Å². The standard InChI is InChI=1S/C13H27N3OS/c1-11(2)15(3)12(17)9-16-7-5-13(10-14,18-4)6-8-16/h11H,5-10,14H2,1-4H3. The summed E-state index contributed by atoms with van der Waals surface area (Å²) >= 11 is 1.88. The Labute approximate surface area is 115 Å². The van der Waals surface area contributed by atoms with E-state index in [0.29, 0.717) is 6.54 Å². The first-order chi connectivity index (χ1) is 8.44. The third kappa shape index (κ3) is 3.87. The van der Waals surface area contributed by atoms with Crippen LogP contribution in [0.25, 0.3) is 0 Å². The average molecular weight is 273 g/mol. The Bertz CT molecular complexity index is 269. The molecule has 1 aliphatic heterocycles. The van der Waals surface area contributed by atoms with Crippen LogP contribution in [0.3, 0.4) is 0 Å². The molecular formula is C13H27N3OS. The van der Waals surface area contributed by atoms with Crippen molar-refractivity contribution >= 4 is 17.7 Å². The molecule has 0 saturated carbocycles. The van der Waals surface area contributed by atoms with Crippen LogP contribution in [-0.4, -0.2) is 66.0 Å². The lowest BCUT2D eigenvalue weighted by atomic mass is 9.96. The second kappa shape index (κ2) is 6.78. The number of thioether (sulfide) groups is 1. The molecule has 0 atom stereocenters. The molecule has 1 rings (SSSR count). The molecule has 0 aromatic heterocycles. The Morgan fingerprint density at radius 2 is 2.00 bits per heavy atom. The Hall–Kier alpha value is -0.260. The summed E-state index contributed by atoms with van der Waals surface area (Å²) in [5, 5.41) is 0. The number of amides is 1. The number of likely N-dealkylation sites (N-methyl/N-ethyl adjacent to an activating group) is 1. The summed E-state index contributed by atoms with van der Waals surface area (Å²) in [6.07, 6.45) is 4.31. The van der Waals surface area contributed by atoms with Gasteiger partial charge in [0.05, 0.1) is 6.54 Å². The summed E-state index contributed by atoms with van der Waals surface area (Å²) in [5.41, 5.74) is 5.87. The molecule has 1 heterocycles. The Morgan fingerprint density at radius 3 is 2.39 bits per heavy atom. The molecule has 18 heavy (non-hydrogen) atoms. The van der Waals surface area contributed by atoms with Crippen molar-refractivity contribution in [3.05, 3.63) is 0 Å². The first-order valence-corrected chi connectivity index (χ1v) is 7.90. The van der Waals surface area contributed by atoms with Gasteiger partial charge < -0.3 is 10.6 Å². The number of piperidine rings is 1. The van der Waals surface area contributed by atoms with E-state index < -0.39 is 0 Å². The van der Waals surface area contributed by atoms with Gasteiger partial charge in [0.15, 0.2) is 0 Å². The van der Waals surface area contributed by atoms with E-state index >= 15 is 0 Å². The van der Waals surface area contributed by atoms with Crippen molar-refractivity contribution in [3.8, 4) is 0 Å². The van der Waals surface area contributed by atoms with Crippen molar-refractivity contribution in [2.75, 3.05) is 39.5 Å². The topological polar surface area (TPSA) is 49.6 Å². The third-order valence-electron chi connectivity index (χ3n) is 4.10. The van der Waals surface area contributed by atoms with Crippen molar-refractivity contribution in [1.82, 2.24) is 9.80 Å². The molecule has 0 aromatic carbocycles. The summed E-state index contributed by atoms with van der Waals surface area (Å²) < 4.78 is 0.240. The minimum Gasteiger partial charge on any atom is -0.342 e. The molecule has 106 valence electrons. The summed E-state index contributed by atoms with van der Waals surface area (Å²) in [5.74, 6) is 0.217. The molecule has 0 aromatic rings. The van der Waals surface area contributed by atoms with Crippen LogP contribution in [0, 0.1) is 0 Å². The highest BCUT2D eigenvalue weighted by atomic mass is 32.2. The summed E-state index contributed by atoms with van der Waals surface area (Å²) in [6.45, 7) is 7.33. The molecule has 1 fully saturated rings. The van der Waals surface area contributed by atoms with Gasteiger partial charge in [-0.05, 0) is 32.9 Å². The fourth-order valence-electron chi connectivity index (χ4n) is 2.20. The van der Waals surface area contributed by atoms with Gasteiger partial charge in [-0.25, -0.2) is 0 Å². The van der Waals surface area contributed by atoms with Crippen LogP contribution in [0.1, 0.15) is 26.7 Å². The van der Waals surface area contributed by atoms with Crippen molar-refractivity contribution in [2.45, 2.75) is 37.5 Å². The van der Waals surface area contributed by atoms with Crippen LogP contribution in [0.4, 0.5) is 0 Å². The van der Waals surface area contributed by atoms with Gasteiger partial charge in [-0.3, -0.25) is 9.69 Å². The van der Waals surface area contributed by atoms with E-state index in [2.05, 4.69) is 11.2 Å². The number of carbonyl (C=O) groups is 1. The molecular weight excluding hydrogens is 246 g/mol. The smallest absolute Gasteiger partial charge is 0.236 e. The number of rotatable bonds is 5. The highest BCUT2D eigenvalue weighted by Gasteiger charge is 2.33. The van der Waals surface area contributed by atoms with Crippen LogP contribution < -0.4 is 5.73 Å². The number of nitrogens with two attached hydrogens (primary N) is 1. The Morgan fingerprint density at radius 1 is 1.44 bits per heavy atom. The predicted molar refractivity (Wildman–Crippen MR) is 78.9 cm³/mol. The summed E-state index contributed by atoms with van der Waals surface area (Å²) in [4.78, 5) is 16.1. The molecule has 0 radical (unpaired) electrons. The van der Waals surface area contributed by atoms with Gasteiger partial charge in [0.25, 0.3) is 0 Å². The number of carbonyl (C=O) groups excluding carboxylic acids is 1. The third-order valence-corrected chi connectivity index (χ3v) is 5.54. The van der Waals surface area contributed by atoms with E-state index in [0.717, 1.165) is 32.5 Å². The van der Waals surface area contributed by atoms with E-state index in [1.54, 1.807) is 0 Å². The lowest BCUT2D eigenvalue weighted by molar-refractivity contribution is -0.132. The Kier molecular flexibility index (Phi) is 5.95. The molecule has 0 aliphatic carbocycles. The minimum absolute atomic E-state index is 0.217. The van der Waals surface area contributed by atoms with E-state index in [4.69, 9.17) is 5.73 Å². The summed E-state index contributed by atoms with van der Waals surface area (Å²) in [7, 11) is 1.88. The molecule has 0 spiro atoms. The maximum absolute atomic E-state index is 12.0. The van der Waals surface area contributed by atoms with E-state index in [1.807, 2.05) is 37.6 Å². The first kappa shape index (κ1) is 15.8. The zero-order chi connectivity index (χ0) is 13.8. The van der Waals surface area contributed by atoms with Crippen LogP contribution in [0.5, 0.6) is 0 Å². The second-order valence-corrected chi connectivity index (χ2v) is 6.74. The quantitative estimate of drug-likeness (QED) is 0.812. The molecule has 0 unspecified atom stereocenters. The monoisotopic (exact) mass is 273 g/mol. The van der Waals surface area contributed by atoms with Gasteiger partial charge in [0, 0.05) is 37.5 Å². The lowest BCUT2D eigenvalue weighted by Gasteiger charge is -2.40. The normalized spacial score (nSPS) is 20.1. The lowest BCUT2D eigenvalue weighted by Crippen LogP contribution is -2.49. The highest BCUT2D eigenvalue weighted by molar-refractivity contribution is 8.00. The maximum atomic E-state index is 12.0. The molecule has 1 saturated heterocycles. The second-order valence-electron chi connectivity index (χ2n) is 5.47. The number of nitrogens with zero attached hydrogens (tertiary/aromatic N) is 2.